The first-order valence-electron chi connectivity index (χ1n) is 9.42. The molecule has 0 aliphatic rings. The van der Waals surface area contributed by atoms with Gasteiger partial charge in [-0.15, -0.1) is 0 Å². The molecule has 0 heterocycles. The zero-order chi connectivity index (χ0) is 23.1. The van der Waals surface area contributed by atoms with Crippen molar-refractivity contribution in [2.24, 2.45) is 5.10 Å². The molecule has 0 saturated heterocycles. The molecule has 0 aliphatic carbocycles. The Kier molecular flexibility index (Phi) is 7.74. The van der Waals surface area contributed by atoms with E-state index in [9.17, 15) is 13.2 Å². The Balaban J connectivity index is 1.62. The van der Waals surface area contributed by atoms with Crippen molar-refractivity contribution in [1.29, 1.82) is 0 Å². The SMILES string of the molecule is CCOc1ccc(S(=O)(=O)Nc2ccc(C(=O)N/N=C/c3ccc(Cl)cc3Cl)cc2)cc1. The highest BCUT2D eigenvalue weighted by molar-refractivity contribution is 7.92. The van der Waals surface area contributed by atoms with Gasteiger partial charge in [-0.05, 0) is 67.6 Å². The molecule has 0 bridgehead atoms. The van der Waals surface area contributed by atoms with E-state index in [1.54, 1.807) is 30.3 Å². The number of benzene rings is 3. The van der Waals surface area contributed by atoms with Crippen LogP contribution in [0.4, 0.5) is 5.69 Å². The number of nitrogens with zero attached hydrogens (tertiary/aromatic N) is 1. The minimum atomic E-state index is -3.78. The molecule has 0 fully saturated rings. The standard InChI is InChI=1S/C22H19Cl2N3O4S/c1-2-31-19-9-11-20(12-10-19)32(29,30)27-18-7-4-15(5-8-18)22(28)26-25-14-16-3-6-17(23)13-21(16)24/h3-14,27H,2H2,1H3,(H,26,28)/b25-14+. The van der Waals surface area contributed by atoms with Crippen LogP contribution in [0.25, 0.3) is 0 Å². The third-order valence-electron chi connectivity index (χ3n) is 4.18. The first-order chi connectivity index (χ1) is 15.3. The molecule has 10 heteroatoms. The zero-order valence-electron chi connectivity index (χ0n) is 16.9. The Hall–Kier alpha value is -3.07. The molecule has 166 valence electrons. The van der Waals surface area contributed by atoms with E-state index in [2.05, 4.69) is 15.2 Å². The second-order valence-electron chi connectivity index (χ2n) is 6.45. The number of nitrogens with one attached hydrogen (secondary N) is 2. The van der Waals surface area contributed by atoms with Gasteiger partial charge in [0.15, 0.2) is 0 Å². The molecule has 3 aromatic rings. The Bertz CT molecular complexity index is 1230. The lowest BCUT2D eigenvalue weighted by molar-refractivity contribution is 0.0955. The number of amides is 1. The number of hydrazone groups is 1. The fourth-order valence-corrected chi connectivity index (χ4v) is 4.13. The molecule has 0 saturated carbocycles. The zero-order valence-corrected chi connectivity index (χ0v) is 19.2. The van der Waals surface area contributed by atoms with Crippen LogP contribution < -0.4 is 14.9 Å². The van der Waals surface area contributed by atoms with Crippen LogP contribution in [0.2, 0.25) is 10.0 Å². The Morgan fingerprint density at radius 3 is 2.34 bits per heavy atom. The van der Waals surface area contributed by atoms with Gasteiger partial charge in [-0.2, -0.15) is 5.10 Å². The number of rotatable bonds is 8. The summed E-state index contributed by atoms with van der Waals surface area (Å²) in [5, 5.41) is 4.77. The molecule has 0 radical (unpaired) electrons. The molecule has 32 heavy (non-hydrogen) atoms. The van der Waals surface area contributed by atoms with E-state index in [0.29, 0.717) is 39.2 Å². The van der Waals surface area contributed by atoms with Crippen molar-refractivity contribution >= 4 is 51.0 Å². The maximum Gasteiger partial charge on any atom is 0.271 e. The van der Waals surface area contributed by atoms with Gasteiger partial charge in [0.05, 0.1) is 22.7 Å². The van der Waals surface area contributed by atoms with Gasteiger partial charge in [0.25, 0.3) is 15.9 Å². The predicted octanol–water partition coefficient (Wildman–Crippen LogP) is 4.96. The van der Waals surface area contributed by atoms with E-state index in [0.717, 1.165) is 0 Å². The summed E-state index contributed by atoms with van der Waals surface area (Å²) in [6.07, 6.45) is 1.40. The molecule has 0 spiro atoms. The van der Waals surface area contributed by atoms with Crippen molar-refractivity contribution in [3.8, 4) is 5.75 Å². The van der Waals surface area contributed by atoms with Crippen molar-refractivity contribution in [1.82, 2.24) is 5.43 Å². The number of sulfonamides is 1. The normalized spacial score (nSPS) is 11.3. The van der Waals surface area contributed by atoms with Gasteiger partial charge >= 0.3 is 0 Å². The van der Waals surface area contributed by atoms with Gasteiger partial charge < -0.3 is 4.74 Å². The van der Waals surface area contributed by atoms with Crippen LogP contribution in [0.15, 0.2) is 76.7 Å². The lowest BCUT2D eigenvalue weighted by Crippen LogP contribution is -2.18. The minimum absolute atomic E-state index is 0.0953. The topological polar surface area (TPSA) is 96.9 Å². The summed E-state index contributed by atoms with van der Waals surface area (Å²) in [7, 11) is -3.78. The van der Waals surface area contributed by atoms with Crippen LogP contribution in [0.1, 0.15) is 22.8 Å². The summed E-state index contributed by atoms with van der Waals surface area (Å²) in [6.45, 7) is 2.34. The number of hydrogen-bond acceptors (Lipinski definition) is 5. The van der Waals surface area contributed by atoms with E-state index in [1.807, 2.05) is 6.92 Å². The number of anilines is 1. The van der Waals surface area contributed by atoms with Gasteiger partial charge in [-0.25, -0.2) is 13.8 Å². The quantitative estimate of drug-likeness (QED) is 0.343. The highest BCUT2D eigenvalue weighted by Crippen LogP contribution is 2.21. The Labute approximate surface area is 196 Å². The number of carbonyl (C=O) groups is 1. The number of hydrogen-bond donors (Lipinski definition) is 2. The number of halogens is 2. The lowest BCUT2D eigenvalue weighted by atomic mass is 10.2. The minimum Gasteiger partial charge on any atom is -0.494 e. The maximum absolute atomic E-state index is 12.5. The first-order valence-corrected chi connectivity index (χ1v) is 11.7. The molecule has 0 atom stereocenters. The molecule has 0 aliphatic heterocycles. The van der Waals surface area contributed by atoms with Crippen LogP contribution >= 0.6 is 23.2 Å². The van der Waals surface area contributed by atoms with Gasteiger partial charge in [0.2, 0.25) is 0 Å². The van der Waals surface area contributed by atoms with Crippen molar-refractivity contribution in [2.75, 3.05) is 11.3 Å². The van der Waals surface area contributed by atoms with Crippen LogP contribution in [0, 0.1) is 0 Å². The average molecular weight is 492 g/mol. The molecular weight excluding hydrogens is 473 g/mol. The van der Waals surface area contributed by atoms with E-state index in [-0.39, 0.29) is 4.90 Å². The number of ether oxygens (including phenoxy) is 1. The predicted molar refractivity (Wildman–Crippen MR) is 126 cm³/mol. The lowest BCUT2D eigenvalue weighted by Gasteiger charge is -2.09. The summed E-state index contributed by atoms with van der Waals surface area (Å²) in [4.78, 5) is 12.3. The monoisotopic (exact) mass is 491 g/mol. The molecule has 0 unspecified atom stereocenters. The maximum atomic E-state index is 12.5. The third kappa shape index (κ3) is 6.23. The van der Waals surface area contributed by atoms with E-state index in [4.69, 9.17) is 27.9 Å². The molecule has 0 aromatic heterocycles. The molecule has 1 amide bonds. The molecule has 3 rings (SSSR count). The van der Waals surface area contributed by atoms with Crippen LogP contribution in [-0.2, 0) is 10.0 Å². The van der Waals surface area contributed by atoms with Crippen LogP contribution in [0.5, 0.6) is 5.75 Å². The fourth-order valence-electron chi connectivity index (χ4n) is 2.62. The highest BCUT2D eigenvalue weighted by Gasteiger charge is 2.14. The fraction of sp³-hybridized carbons (Fsp3) is 0.0909. The number of carbonyl (C=O) groups excluding carboxylic acids is 1. The van der Waals surface area contributed by atoms with E-state index in [1.165, 1.54) is 42.6 Å². The van der Waals surface area contributed by atoms with Crippen molar-refractivity contribution in [3.05, 3.63) is 87.9 Å². The van der Waals surface area contributed by atoms with Gasteiger partial charge in [0, 0.05) is 21.8 Å². The average Bonchev–Trinajstić information content (AvgIpc) is 2.76. The molecule has 3 aromatic carbocycles. The second kappa shape index (κ2) is 10.5. The van der Waals surface area contributed by atoms with Crippen LogP contribution in [0.3, 0.4) is 0 Å². The summed E-state index contributed by atoms with van der Waals surface area (Å²) >= 11 is 11.9. The van der Waals surface area contributed by atoms with Crippen LogP contribution in [-0.4, -0.2) is 27.1 Å². The van der Waals surface area contributed by atoms with Gasteiger partial charge in [0.1, 0.15) is 5.75 Å². The summed E-state index contributed by atoms with van der Waals surface area (Å²) in [6, 6.07) is 16.9. The third-order valence-corrected chi connectivity index (χ3v) is 6.14. The van der Waals surface area contributed by atoms with Crippen molar-refractivity contribution in [2.45, 2.75) is 11.8 Å². The smallest absolute Gasteiger partial charge is 0.271 e. The molecular formula is C22H19Cl2N3O4S. The van der Waals surface area contributed by atoms with E-state index < -0.39 is 15.9 Å². The first kappa shape index (κ1) is 23.6. The largest absolute Gasteiger partial charge is 0.494 e. The highest BCUT2D eigenvalue weighted by atomic mass is 35.5. The van der Waals surface area contributed by atoms with Crippen molar-refractivity contribution in [3.63, 3.8) is 0 Å². The Morgan fingerprint density at radius 1 is 1.03 bits per heavy atom. The van der Waals surface area contributed by atoms with Gasteiger partial charge in [-0.1, -0.05) is 29.3 Å². The van der Waals surface area contributed by atoms with Gasteiger partial charge in [-0.3, -0.25) is 9.52 Å². The summed E-state index contributed by atoms with van der Waals surface area (Å²) in [5.74, 6) is 0.120. The summed E-state index contributed by atoms with van der Waals surface area (Å²) in [5.41, 5.74) is 3.59. The Morgan fingerprint density at radius 2 is 1.72 bits per heavy atom. The summed E-state index contributed by atoms with van der Waals surface area (Å²) < 4.78 is 32.9. The molecule has 7 nitrogen and oxygen atoms in total. The second-order valence-corrected chi connectivity index (χ2v) is 8.98. The van der Waals surface area contributed by atoms with E-state index >= 15 is 0 Å². The van der Waals surface area contributed by atoms with Crippen molar-refractivity contribution < 1.29 is 17.9 Å². The molecule has 2 N–H and O–H groups in total.